The summed E-state index contributed by atoms with van der Waals surface area (Å²) in [5.74, 6) is 0. The van der Waals surface area contributed by atoms with Gasteiger partial charge in [0.1, 0.15) is 0 Å². The van der Waals surface area contributed by atoms with Crippen LogP contribution in [0.3, 0.4) is 0 Å². The van der Waals surface area contributed by atoms with Crippen LogP contribution in [0.1, 0.15) is 0 Å². The lowest BCUT2D eigenvalue weighted by molar-refractivity contribution is 1.20. The van der Waals surface area contributed by atoms with Crippen molar-refractivity contribution in [2.24, 2.45) is 0 Å². The van der Waals surface area contributed by atoms with Crippen molar-refractivity contribution in [2.75, 3.05) is 0 Å². The number of nitrogens with zero attached hydrogens (tertiary/aromatic N) is 1. The first-order chi connectivity index (χ1) is 19.8. The van der Waals surface area contributed by atoms with E-state index in [0.29, 0.717) is 0 Å². The molecule has 9 aromatic rings. The summed E-state index contributed by atoms with van der Waals surface area (Å²) in [6.45, 7) is 0. The van der Waals surface area contributed by atoms with Crippen LogP contribution in [0.15, 0.2) is 140 Å². The van der Waals surface area contributed by atoms with Gasteiger partial charge in [-0.1, -0.05) is 97.1 Å². The van der Waals surface area contributed by atoms with Gasteiger partial charge in [-0.2, -0.15) is 0 Å². The molecule has 0 spiro atoms. The van der Waals surface area contributed by atoms with Crippen LogP contribution < -0.4 is 0 Å². The fourth-order valence-electron chi connectivity index (χ4n) is 6.54. The van der Waals surface area contributed by atoms with Crippen LogP contribution in [0.5, 0.6) is 0 Å². The predicted octanol–water partition coefficient (Wildman–Crippen LogP) is 11.1. The Labute approximate surface area is 235 Å². The molecule has 0 bridgehead atoms. The smallest absolute Gasteiger partial charge is 0.0546 e. The van der Waals surface area contributed by atoms with Gasteiger partial charge in [0, 0.05) is 36.3 Å². The number of aromatic nitrogens is 1. The molecule has 0 saturated heterocycles. The number of benzene rings is 7. The van der Waals surface area contributed by atoms with Gasteiger partial charge in [0.15, 0.2) is 0 Å². The molecule has 0 amide bonds. The van der Waals surface area contributed by atoms with Crippen LogP contribution in [0.25, 0.3) is 80.3 Å². The van der Waals surface area contributed by atoms with Crippen molar-refractivity contribution in [3.63, 3.8) is 0 Å². The molecular weight excluding hydrogens is 502 g/mol. The fourth-order valence-corrected chi connectivity index (χ4v) is 7.62. The van der Waals surface area contributed by atoms with E-state index in [4.69, 9.17) is 0 Å². The Hall–Kier alpha value is -4.92. The van der Waals surface area contributed by atoms with Gasteiger partial charge in [0.2, 0.25) is 0 Å². The Morgan fingerprint density at radius 3 is 1.85 bits per heavy atom. The van der Waals surface area contributed by atoms with Gasteiger partial charge in [-0.05, 0) is 69.8 Å². The highest BCUT2D eigenvalue weighted by molar-refractivity contribution is 7.25. The highest BCUT2D eigenvalue weighted by Gasteiger charge is 2.16. The third-order valence-electron chi connectivity index (χ3n) is 8.37. The Morgan fingerprint density at radius 1 is 0.375 bits per heavy atom. The molecule has 0 aliphatic rings. The third kappa shape index (κ3) is 3.08. The van der Waals surface area contributed by atoms with E-state index in [9.17, 15) is 0 Å². The summed E-state index contributed by atoms with van der Waals surface area (Å²) in [4.78, 5) is 0. The molecule has 0 N–H and O–H groups in total. The molecule has 2 aromatic heterocycles. The van der Waals surface area contributed by atoms with E-state index in [1.165, 1.54) is 80.3 Å². The maximum atomic E-state index is 2.46. The molecule has 2 heteroatoms. The monoisotopic (exact) mass is 525 g/mol. The fraction of sp³-hybridized carbons (Fsp3) is 0. The first kappa shape index (κ1) is 22.0. The van der Waals surface area contributed by atoms with E-state index in [1.54, 1.807) is 0 Å². The SMILES string of the molecule is c1ccc2c(c1)cc(-n1c3ccccc3c3cc(-c4ccc5sc6ccccc6c5c4)ccc31)c1ccccc12. The zero-order valence-electron chi connectivity index (χ0n) is 21.6. The van der Waals surface area contributed by atoms with Gasteiger partial charge in [-0.3, -0.25) is 0 Å². The van der Waals surface area contributed by atoms with Crippen LogP contribution in [-0.4, -0.2) is 4.57 Å². The quantitative estimate of drug-likeness (QED) is 0.198. The molecule has 40 heavy (non-hydrogen) atoms. The molecule has 2 heterocycles. The number of thiophene rings is 1. The highest BCUT2D eigenvalue weighted by atomic mass is 32.1. The molecule has 0 atom stereocenters. The zero-order valence-corrected chi connectivity index (χ0v) is 22.5. The van der Waals surface area contributed by atoms with Crippen LogP contribution in [0.4, 0.5) is 0 Å². The molecule has 0 aliphatic carbocycles. The van der Waals surface area contributed by atoms with Crippen molar-refractivity contribution in [1.29, 1.82) is 0 Å². The summed E-state index contributed by atoms with van der Waals surface area (Å²) in [6.07, 6.45) is 0. The van der Waals surface area contributed by atoms with E-state index >= 15 is 0 Å². The topological polar surface area (TPSA) is 4.93 Å². The first-order valence-electron chi connectivity index (χ1n) is 13.7. The second-order valence-corrected chi connectivity index (χ2v) is 11.6. The van der Waals surface area contributed by atoms with Crippen LogP contribution in [0, 0.1) is 0 Å². The average Bonchev–Trinajstić information content (AvgIpc) is 3.55. The number of rotatable bonds is 2. The minimum absolute atomic E-state index is 1.22. The van der Waals surface area contributed by atoms with Crippen molar-refractivity contribution in [1.82, 2.24) is 4.57 Å². The van der Waals surface area contributed by atoms with Crippen molar-refractivity contribution < 1.29 is 0 Å². The van der Waals surface area contributed by atoms with E-state index in [2.05, 4.69) is 144 Å². The molecule has 0 unspecified atom stereocenters. The number of hydrogen-bond acceptors (Lipinski definition) is 1. The summed E-state index contributed by atoms with van der Waals surface area (Å²) >= 11 is 1.87. The summed E-state index contributed by atoms with van der Waals surface area (Å²) in [5.41, 5.74) is 6.18. The number of fused-ring (bicyclic) bond motifs is 9. The molecule has 0 aliphatic heterocycles. The van der Waals surface area contributed by atoms with Crippen LogP contribution in [0.2, 0.25) is 0 Å². The summed E-state index contributed by atoms with van der Waals surface area (Å²) in [6, 6.07) is 51.3. The summed E-state index contributed by atoms with van der Waals surface area (Å²) in [7, 11) is 0. The second-order valence-electron chi connectivity index (χ2n) is 10.6. The Morgan fingerprint density at radius 2 is 0.975 bits per heavy atom. The molecule has 1 nitrogen and oxygen atoms in total. The van der Waals surface area contributed by atoms with E-state index in [0.717, 1.165) is 0 Å². The van der Waals surface area contributed by atoms with Crippen molar-refractivity contribution in [2.45, 2.75) is 0 Å². The Bertz CT molecular complexity index is 2440. The predicted molar refractivity (Wildman–Crippen MR) is 174 cm³/mol. The molecule has 9 rings (SSSR count). The highest BCUT2D eigenvalue weighted by Crippen LogP contribution is 2.40. The van der Waals surface area contributed by atoms with E-state index in [-0.39, 0.29) is 0 Å². The van der Waals surface area contributed by atoms with Gasteiger partial charge in [0.05, 0.1) is 16.7 Å². The summed E-state index contributed by atoms with van der Waals surface area (Å²) in [5, 5.41) is 10.3. The lowest BCUT2D eigenvalue weighted by atomic mass is 10.00. The maximum absolute atomic E-state index is 2.46. The average molecular weight is 526 g/mol. The molecule has 0 fully saturated rings. The molecule has 0 saturated carbocycles. The van der Waals surface area contributed by atoms with Crippen LogP contribution >= 0.6 is 11.3 Å². The second kappa shape index (κ2) is 8.29. The molecule has 186 valence electrons. The summed E-state index contributed by atoms with van der Waals surface area (Å²) < 4.78 is 5.14. The normalized spacial score (nSPS) is 12.0. The Balaban J connectivity index is 1.33. The third-order valence-corrected chi connectivity index (χ3v) is 9.52. The lowest BCUT2D eigenvalue weighted by Crippen LogP contribution is -1.96. The van der Waals surface area contributed by atoms with Crippen molar-refractivity contribution in [3.8, 4) is 16.8 Å². The minimum Gasteiger partial charge on any atom is -0.309 e. The molecule has 7 aromatic carbocycles. The van der Waals surface area contributed by atoms with Gasteiger partial charge < -0.3 is 4.57 Å². The molecule has 0 radical (unpaired) electrons. The Kier molecular flexibility index (Phi) is 4.55. The number of hydrogen-bond donors (Lipinski definition) is 0. The maximum Gasteiger partial charge on any atom is 0.0546 e. The van der Waals surface area contributed by atoms with Gasteiger partial charge >= 0.3 is 0 Å². The van der Waals surface area contributed by atoms with Crippen LogP contribution in [-0.2, 0) is 0 Å². The number of para-hydroxylation sites is 1. The van der Waals surface area contributed by atoms with Gasteiger partial charge in [-0.25, -0.2) is 0 Å². The lowest BCUT2D eigenvalue weighted by Gasteiger charge is -2.14. The van der Waals surface area contributed by atoms with Gasteiger partial charge in [-0.15, -0.1) is 11.3 Å². The largest absolute Gasteiger partial charge is 0.309 e. The minimum atomic E-state index is 1.22. The standard InChI is InChI=1S/C38H23NS/c1-2-10-27-26(9-1)23-36(29-12-4-3-11-28(27)29)39-34-15-7-5-13-30(34)32-21-24(17-19-35(32)39)25-18-20-38-33(22-25)31-14-6-8-16-37(31)40-38/h1-23H. The molecular formula is C38H23NS. The van der Waals surface area contributed by atoms with E-state index < -0.39 is 0 Å². The van der Waals surface area contributed by atoms with Crippen molar-refractivity contribution >= 4 is 74.9 Å². The van der Waals surface area contributed by atoms with E-state index in [1.807, 2.05) is 11.3 Å². The van der Waals surface area contributed by atoms with Crippen molar-refractivity contribution in [3.05, 3.63) is 140 Å². The first-order valence-corrected chi connectivity index (χ1v) is 14.5. The zero-order chi connectivity index (χ0) is 26.2. The van der Waals surface area contributed by atoms with Gasteiger partial charge in [0.25, 0.3) is 0 Å².